The van der Waals surface area contributed by atoms with E-state index in [1.54, 1.807) is 17.0 Å². The Bertz CT molecular complexity index is 665. The average Bonchev–Trinajstić information content (AvgIpc) is 2.60. The molecule has 0 unspecified atom stereocenters. The molecule has 0 N–H and O–H groups in total. The van der Waals surface area contributed by atoms with E-state index in [4.69, 9.17) is 0 Å². The molecule has 1 aliphatic rings. The molecule has 126 valence electrons. The summed E-state index contributed by atoms with van der Waals surface area (Å²) >= 11 is 0. The fraction of sp³-hybridized carbons (Fsp3) is 0.500. The Morgan fingerprint density at radius 1 is 1.04 bits per heavy atom. The maximum Gasteiger partial charge on any atom is 0.253 e. The van der Waals surface area contributed by atoms with Crippen molar-refractivity contribution in [2.75, 3.05) is 31.9 Å². The first-order valence-electron chi connectivity index (χ1n) is 7.71. The summed E-state index contributed by atoms with van der Waals surface area (Å²) in [6.07, 6.45) is 0. The summed E-state index contributed by atoms with van der Waals surface area (Å²) in [6, 6.07) is 8.99. The van der Waals surface area contributed by atoms with Gasteiger partial charge in [-0.3, -0.25) is 9.59 Å². The number of amides is 2. The second kappa shape index (κ2) is 7.12. The SMILES string of the molecule is CCS(=O)(=O)[C@H](C)C(=O)N1CCN(C(=O)c2ccccc2)CC1. The number of piperazine rings is 1. The minimum atomic E-state index is -3.39. The quantitative estimate of drug-likeness (QED) is 0.814. The smallest absolute Gasteiger partial charge is 0.253 e. The van der Waals surface area contributed by atoms with E-state index >= 15 is 0 Å². The molecule has 1 fully saturated rings. The van der Waals surface area contributed by atoms with Crippen LogP contribution in [0.3, 0.4) is 0 Å². The number of sulfone groups is 1. The molecule has 2 amide bonds. The van der Waals surface area contributed by atoms with Crippen LogP contribution in [0, 0.1) is 0 Å². The van der Waals surface area contributed by atoms with Crippen LogP contribution in [0.15, 0.2) is 30.3 Å². The third kappa shape index (κ3) is 3.90. The van der Waals surface area contributed by atoms with Gasteiger partial charge in [0.25, 0.3) is 5.91 Å². The lowest BCUT2D eigenvalue weighted by molar-refractivity contribution is -0.131. The maximum atomic E-state index is 12.3. The van der Waals surface area contributed by atoms with Crippen molar-refractivity contribution < 1.29 is 18.0 Å². The van der Waals surface area contributed by atoms with Gasteiger partial charge in [-0.15, -0.1) is 0 Å². The molecule has 1 aliphatic heterocycles. The fourth-order valence-corrected chi connectivity index (χ4v) is 3.51. The third-order valence-electron chi connectivity index (χ3n) is 4.19. The van der Waals surface area contributed by atoms with Gasteiger partial charge in [0.2, 0.25) is 5.91 Å². The Morgan fingerprint density at radius 3 is 2.09 bits per heavy atom. The van der Waals surface area contributed by atoms with Crippen molar-refractivity contribution in [1.29, 1.82) is 0 Å². The molecular formula is C16H22N2O4S. The van der Waals surface area contributed by atoms with Crippen LogP contribution >= 0.6 is 0 Å². The van der Waals surface area contributed by atoms with Crippen molar-refractivity contribution in [2.45, 2.75) is 19.1 Å². The number of hydrogen-bond acceptors (Lipinski definition) is 4. The van der Waals surface area contributed by atoms with Crippen molar-refractivity contribution >= 4 is 21.7 Å². The zero-order chi connectivity index (χ0) is 17.0. The normalized spacial score (nSPS) is 17.0. The van der Waals surface area contributed by atoms with Gasteiger partial charge in [0.15, 0.2) is 9.84 Å². The topological polar surface area (TPSA) is 74.8 Å². The van der Waals surface area contributed by atoms with E-state index in [0.717, 1.165) is 0 Å². The summed E-state index contributed by atoms with van der Waals surface area (Å²) in [5.74, 6) is -0.489. The minimum Gasteiger partial charge on any atom is -0.338 e. The van der Waals surface area contributed by atoms with E-state index < -0.39 is 15.1 Å². The highest BCUT2D eigenvalue weighted by molar-refractivity contribution is 7.92. The predicted molar refractivity (Wildman–Crippen MR) is 87.8 cm³/mol. The second-order valence-corrected chi connectivity index (χ2v) is 8.19. The monoisotopic (exact) mass is 338 g/mol. The van der Waals surface area contributed by atoms with Gasteiger partial charge in [0.1, 0.15) is 5.25 Å². The van der Waals surface area contributed by atoms with Crippen LogP contribution < -0.4 is 0 Å². The molecule has 1 saturated heterocycles. The first-order valence-corrected chi connectivity index (χ1v) is 9.43. The van der Waals surface area contributed by atoms with Gasteiger partial charge in [-0.2, -0.15) is 0 Å². The molecule has 1 aromatic carbocycles. The number of nitrogens with zero attached hydrogens (tertiary/aromatic N) is 2. The number of hydrogen-bond donors (Lipinski definition) is 0. The molecule has 0 aromatic heterocycles. The number of carbonyl (C=O) groups excluding carboxylic acids is 2. The Hall–Kier alpha value is -1.89. The van der Waals surface area contributed by atoms with Crippen LogP contribution in [0.1, 0.15) is 24.2 Å². The standard InChI is InChI=1S/C16H22N2O4S/c1-3-23(21,22)13(2)15(19)17-9-11-18(12-10-17)16(20)14-7-5-4-6-8-14/h4-8,13H,3,9-12H2,1-2H3/t13-/m1/s1. The van der Waals surface area contributed by atoms with Crippen molar-refractivity contribution in [1.82, 2.24) is 9.80 Å². The Labute approximate surface area is 137 Å². The van der Waals surface area contributed by atoms with Gasteiger partial charge < -0.3 is 9.80 Å². The first kappa shape index (κ1) is 17.5. The van der Waals surface area contributed by atoms with E-state index in [1.165, 1.54) is 18.7 Å². The van der Waals surface area contributed by atoms with Crippen molar-refractivity contribution in [3.63, 3.8) is 0 Å². The molecule has 0 radical (unpaired) electrons. The molecule has 1 aromatic rings. The van der Waals surface area contributed by atoms with E-state index in [1.807, 2.05) is 18.2 Å². The van der Waals surface area contributed by atoms with Gasteiger partial charge in [0.05, 0.1) is 0 Å². The van der Waals surface area contributed by atoms with Crippen molar-refractivity contribution in [3.05, 3.63) is 35.9 Å². The predicted octanol–water partition coefficient (Wildman–Crippen LogP) is 0.794. The molecule has 7 heteroatoms. The summed E-state index contributed by atoms with van der Waals surface area (Å²) in [5, 5.41) is -1.02. The molecular weight excluding hydrogens is 316 g/mol. The van der Waals surface area contributed by atoms with Crippen LogP contribution in [0.25, 0.3) is 0 Å². The number of benzene rings is 1. The zero-order valence-electron chi connectivity index (χ0n) is 13.4. The second-order valence-electron chi connectivity index (χ2n) is 5.58. The Balaban J connectivity index is 1.96. The van der Waals surface area contributed by atoms with Gasteiger partial charge in [-0.05, 0) is 19.1 Å². The summed E-state index contributed by atoms with van der Waals surface area (Å²) in [6.45, 7) is 4.52. The summed E-state index contributed by atoms with van der Waals surface area (Å²) in [7, 11) is -3.39. The molecule has 2 rings (SSSR count). The summed E-state index contributed by atoms with van der Waals surface area (Å²) < 4.78 is 23.7. The molecule has 0 aliphatic carbocycles. The van der Waals surface area contributed by atoms with Crippen molar-refractivity contribution in [3.8, 4) is 0 Å². The highest BCUT2D eigenvalue weighted by Crippen LogP contribution is 2.12. The lowest BCUT2D eigenvalue weighted by Crippen LogP contribution is -2.53. The summed E-state index contributed by atoms with van der Waals surface area (Å²) in [4.78, 5) is 27.9. The van der Waals surface area contributed by atoms with Crippen molar-refractivity contribution in [2.24, 2.45) is 0 Å². The third-order valence-corrected chi connectivity index (χ3v) is 6.27. The molecule has 23 heavy (non-hydrogen) atoms. The summed E-state index contributed by atoms with van der Waals surface area (Å²) in [5.41, 5.74) is 0.620. The highest BCUT2D eigenvalue weighted by Gasteiger charge is 2.32. The van der Waals surface area contributed by atoms with Gasteiger partial charge in [-0.1, -0.05) is 25.1 Å². The molecule has 0 bridgehead atoms. The van der Waals surface area contributed by atoms with Crippen LogP contribution in [0.5, 0.6) is 0 Å². The minimum absolute atomic E-state index is 0.0492. The Kier molecular flexibility index (Phi) is 5.41. The first-order chi connectivity index (χ1) is 10.9. The van der Waals surface area contributed by atoms with Gasteiger partial charge in [-0.25, -0.2) is 8.42 Å². The van der Waals surface area contributed by atoms with E-state index in [9.17, 15) is 18.0 Å². The Morgan fingerprint density at radius 2 is 1.57 bits per heavy atom. The molecule has 0 saturated carbocycles. The van der Waals surface area contributed by atoms with Crippen LogP contribution in [-0.2, 0) is 14.6 Å². The maximum absolute atomic E-state index is 12.3. The molecule has 0 spiro atoms. The number of rotatable bonds is 4. The average molecular weight is 338 g/mol. The van der Waals surface area contributed by atoms with Gasteiger partial charge in [0, 0.05) is 37.5 Å². The largest absolute Gasteiger partial charge is 0.338 e. The molecule has 1 heterocycles. The molecule has 1 atom stereocenters. The van der Waals surface area contributed by atoms with Gasteiger partial charge >= 0.3 is 0 Å². The van der Waals surface area contributed by atoms with E-state index in [0.29, 0.717) is 31.7 Å². The molecule has 6 nitrogen and oxygen atoms in total. The zero-order valence-corrected chi connectivity index (χ0v) is 14.3. The van der Waals surface area contributed by atoms with E-state index in [2.05, 4.69) is 0 Å². The van der Waals surface area contributed by atoms with Crippen LogP contribution in [0.2, 0.25) is 0 Å². The van der Waals surface area contributed by atoms with Crippen LogP contribution in [0.4, 0.5) is 0 Å². The number of carbonyl (C=O) groups is 2. The lowest BCUT2D eigenvalue weighted by atomic mass is 10.2. The highest BCUT2D eigenvalue weighted by atomic mass is 32.2. The fourth-order valence-electron chi connectivity index (χ4n) is 2.55. The lowest BCUT2D eigenvalue weighted by Gasteiger charge is -2.35. The van der Waals surface area contributed by atoms with E-state index in [-0.39, 0.29) is 17.6 Å². The van der Waals surface area contributed by atoms with Crippen LogP contribution in [-0.4, -0.2) is 67.2 Å².